The number of nitrogens with zero attached hydrogens (tertiary/aromatic N) is 3. The Bertz CT molecular complexity index is 629. The Labute approximate surface area is 117 Å². The van der Waals surface area contributed by atoms with E-state index in [9.17, 15) is 4.79 Å². The van der Waals surface area contributed by atoms with E-state index < -0.39 is 0 Å². The molecule has 1 aliphatic heterocycles. The molecule has 0 aliphatic carbocycles. The molecule has 0 saturated carbocycles. The van der Waals surface area contributed by atoms with Crippen LogP contribution >= 0.6 is 0 Å². The fraction of sp³-hybridized carbons (Fsp3) is 0.500. The molecule has 2 atom stereocenters. The van der Waals surface area contributed by atoms with Crippen molar-refractivity contribution in [2.24, 2.45) is 5.41 Å². The summed E-state index contributed by atoms with van der Waals surface area (Å²) in [4.78, 5) is 12.4. The highest BCUT2D eigenvalue weighted by Gasteiger charge is 2.37. The van der Waals surface area contributed by atoms with Crippen LogP contribution in [0.25, 0.3) is 5.65 Å². The van der Waals surface area contributed by atoms with Crippen molar-refractivity contribution in [3.05, 3.63) is 30.2 Å². The van der Waals surface area contributed by atoms with Gasteiger partial charge in [-0.3, -0.25) is 9.20 Å². The van der Waals surface area contributed by atoms with Gasteiger partial charge in [-0.05, 0) is 38.9 Å². The minimum atomic E-state index is -0.325. The van der Waals surface area contributed by atoms with Gasteiger partial charge in [0.25, 0.3) is 0 Å². The van der Waals surface area contributed by atoms with Gasteiger partial charge in [0, 0.05) is 12.7 Å². The molecule has 2 aromatic heterocycles. The number of carbonyl (C=O) groups excluding carboxylic acids is 1. The number of pyridine rings is 1. The summed E-state index contributed by atoms with van der Waals surface area (Å²) in [5.74, 6) is 0.825. The first kappa shape index (κ1) is 13.1. The highest BCUT2D eigenvalue weighted by Crippen LogP contribution is 2.25. The van der Waals surface area contributed by atoms with E-state index in [4.69, 9.17) is 0 Å². The van der Waals surface area contributed by atoms with Crippen LogP contribution in [0.4, 0.5) is 0 Å². The van der Waals surface area contributed by atoms with Crippen LogP contribution < -0.4 is 10.6 Å². The van der Waals surface area contributed by atoms with E-state index in [2.05, 4.69) is 20.8 Å². The van der Waals surface area contributed by atoms with Crippen molar-refractivity contribution in [3.63, 3.8) is 0 Å². The Morgan fingerprint density at radius 3 is 3.10 bits per heavy atom. The van der Waals surface area contributed by atoms with Crippen LogP contribution in [0.1, 0.15) is 32.1 Å². The van der Waals surface area contributed by atoms with Crippen LogP contribution in [0.15, 0.2) is 24.4 Å². The van der Waals surface area contributed by atoms with Crippen LogP contribution in [-0.2, 0) is 4.79 Å². The SMILES string of the molecule is CC(NC(=O)C1(C)CCNC1)c1nnc2ccccn12. The molecule has 3 rings (SSSR count). The van der Waals surface area contributed by atoms with E-state index in [0.717, 1.165) is 31.0 Å². The number of hydrogen-bond acceptors (Lipinski definition) is 4. The van der Waals surface area contributed by atoms with Crippen LogP contribution in [0, 0.1) is 5.41 Å². The molecule has 1 amide bonds. The van der Waals surface area contributed by atoms with Gasteiger partial charge in [-0.15, -0.1) is 10.2 Å². The van der Waals surface area contributed by atoms with Gasteiger partial charge in [-0.1, -0.05) is 6.07 Å². The largest absolute Gasteiger partial charge is 0.346 e. The summed E-state index contributed by atoms with van der Waals surface area (Å²) >= 11 is 0. The standard InChI is InChI=1S/C14H19N5O/c1-10(16-13(20)14(2)6-7-15-9-14)12-18-17-11-5-3-4-8-19(11)12/h3-5,8,10,15H,6-7,9H2,1-2H3,(H,16,20). The summed E-state index contributed by atoms with van der Waals surface area (Å²) < 4.78 is 1.90. The zero-order valence-corrected chi connectivity index (χ0v) is 11.8. The highest BCUT2D eigenvalue weighted by atomic mass is 16.2. The Balaban J connectivity index is 1.79. The monoisotopic (exact) mass is 273 g/mol. The van der Waals surface area contributed by atoms with Crippen molar-refractivity contribution in [2.75, 3.05) is 13.1 Å². The Morgan fingerprint density at radius 1 is 1.50 bits per heavy atom. The van der Waals surface area contributed by atoms with E-state index >= 15 is 0 Å². The molecule has 2 unspecified atom stereocenters. The number of nitrogens with one attached hydrogen (secondary N) is 2. The van der Waals surface area contributed by atoms with Gasteiger partial charge in [0.1, 0.15) is 0 Å². The van der Waals surface area contributed by atoms with Crippen molar-refractivity contribution in [2.45, 2.75) is 26.3 Å². The fourth-order valence-electron chi connectivity index (χ4n) is 2.60. The third kappa shape index (κ3) is 2.16. The minimum absolute atomic E-state index is 0.0719. The maximum absolute atomic E-state index is 12.4. The van der Waals surface area contributed by atoms with E-state index in [1.54, 1.807) is 0 Å². The van der Waals surface area contributed by atoms with E-state index in [0.29, 0.717) is 0 Å². The predicted octanol–water partition coefficient (Wildman–Crippen LogP) is 0.906. The van der Waals surface area contributed by atoms with Gasteiger partial charge in [0.2, 0.25) is 5.91 Å². The molecule has 106 valence electrons. The predicted molar refractivity (Wildman–Crippen MR) is 75.1 cm³/mol. The number of amides is 1. The van der Waals surface area contributed by atoms with Crippen LogP contribution in [0.2, 0.25) is 0 Å². The Hall–Kier alpha value is -1.95. The lowest BCUT2D eigenvalue weighted by Gasteiger charge is -2.23. The number of aromatic nitrogens is 3. The average Bonchev–Trinajstić information content (AvgIpc) is 3.05. The lowest BCUT2D eigenvalue weighted by molar-refractivity contribution is -0.130. The van der Waals surface area contributed by atoms with Crippen molar-refractivity contribution in [1.82, 2.24) is 25.2 Å². The Morgan fingerprint density at radius 2 is 2.35 bits per heavy atom. The summed E-state index contributed by atoms with van der Waals surface area (Å²) in [5, 5.41) is 14.6. The van der Waals surface area contributed by atoms with E-state index in [1.165, 1.54) is 0 Å². The third-order valence-corrected chi connectivity index (χ3v) is 3.99. The van der Waals surface area contributed by atoms with Gasteiger partial charge >= 0.3 is 0 Å². The molecule has 2 aromatic rings. The first-order chi connectivity index (χ1) is 9.60. The van der Waals surface area contributed by atoms with Crippen LogP contribution in [-0.4, -0.2) is 33.6 Å². The first-order valence-electron chi connectivity index (χ1n) is 6.91. The van der Waals surface area contributed by atoms with E-state index in [1.807, 2.05) is 42.6 Å². The molecule has 0 bridgehead atoms. The molecule has 1 fully saturated rings. The maximum atomic E-state index is 12.4. The summed E-state index contributed by atoms with van der Waals surface area (Å²) in [6, 6.07) is 5.57. The number of rotatable bonds is 3. The average molecular weight is 273 g/mol. The number of fused-ring (bicyclic) bond motifs is 1. The van der Waals surface area contributed by atoms with Gasteiger partial charge in [-0.25, -0.2) is 0 Å². The molecule has 3 heterocycles. The van der Waals surface area contributed by atoms with Crippen molar-refractivity contribution in [1.29, 1.82) is 0 Å². The molecule has 20 heavy (non-hydrogen) atoms. The van der Waals surface area contributed by atoms with Gasteiger partial charge in [0.15, 0.2) is 11.5 Å². The van der Waals surface area contributed by atoms with Gasteiger partial charge < -0.3 is 10.6 Å². The quantitative estimate of drug-likeness (QED) is 0.872. The summed E-state index contributed by atoms with van der Waals surface area (Å²) in [6.45, 7) is 5.56. The zero-order chi connectivity index (χ0) is 14.2. The van der Waals surface area contributed by atoms with Crippen molar-refractivity contribution < 1.29 is 4.79 Å². The Kier molecular flexibility index (Phi) is 3.17. The van der Waals surface area contributed by atoms with Gasteiger partial charge in [-0.2, -0.15) is 0 Å². The second-order valence-corrected chi connectivity index (χ2v) is 5.67. The van der Waals surface area contributed by atoms with Crippen LogP contribution in [0.5, 0.6) is 0 Å². The molecule has 0 aromatic carbocycles. The smallest absolute Gasteiger partial charge is 0.227 e. The molecule has 1 saturated heterocycles. The lowest BCUT2D eigenvalue weighted by Crippen LogP contribution is -2.41. The molecule has 0 spiro atoms. The van der Waals surface area contributed by atoms with Crippen molar-refractivity contribution in [3.8, 4) is 0 Å². The second kappa shape index (κ2) is 4.86. The van der Waals surface area contributed by atoms with Gasteiger partial charge in [0.05, 0.1) is 11.5 Å². The topological polar surface area (TPSA) is 71.3 Å². The highest BCUT2D eigenvalue weighted by molar-refractivity contribution is 5.83. The first-order valence-corrected chi connectivity index (χ1v) is 6.91. The summed E-state index contributed by atoms with van der Waals surface area (Å²) in [7, 11) is 0. The van der Waals surface area contributed by atoms with E-state index in [-0.39, 0.29) is 17.4 Å². The lowest BCUT2D eigenvalue weighted by atomic mass is 9.88. The zero-order valence-electron chi connectivity index (χ0n) is 11.8. The molecule has 1 aliphatic rings. The minimum Gasteiger partial charge on any atom is -0.346 e. The fourth-order valence-corrected chi connectivity index (χ4v) is 2.60. The normalized spacial score (nSPS) is 23.9. The number of carbonyl (C=O) groups is 1. The molecule has 6 heteroatoms. The second-order valence-electron chi connectivity index (χ2n) is 5.67. The van der Waals surface area contributed by atoms with Crippen LogP contribution in [0.3, 0.4) is 0 Å². The molecular weight excluding hydrogens is 254 g/mol. The molecule has 6 nitrogen and oxygen atoms in total. The molecule has 0 radical (unpaired) electrons. The maximum Gasteiger partial charge on any atom is 0.227 e. The molecule has 2 N–H and O–H groups in total. The summed E-state index contributed by atoms with van der Waals surface area (Å²) in [5.41, 5.74) is 0.465. The van der Waals surface area contributed by atoms with Crippen molar-refractivity contribution >= 4 is 11.6 Å². The summed E-state index contributed by atoms with van der Waals surface area (Å²) in [6.07, 6.45) is 2.78. The molecular formula is C14H19N5O. The number of hydrogen-bond donors (Lipinski definition) is 2. The third-order valence-electron chi connectivity index (χ3n) is 3.99.